The van der Waals surface area contributed by atoms with E-state index in [2.05, 4.69) is 17.3 Å². The molecular weight excluding hydrogens is 342 g/mol. The van der Waals surface area contributed by atoms with E-state index in [9.17, 15) is 9.90 Å². The van der Waals surface area contributed by atoms with E-state index in [-0.39, 0.29) is 5.56 Å². The summed E-state index contributed by atoms with van der Waals surface area (Å²) < 4.78 is 7.31. The number of hydrogen-bond donors (Lipinski definition) is 2. The van der Waals surface area contributed by atoms with Crippen LogP contribution in [0, 0.1) is 0 Å². The van der Waals surface area contributed by atoms with Crippen LogP contribution in [-0.4, -0.2) is 28.0 Å². The molecule has 2 aromatic carbocycles. The number of ether oxygens (including phenoxy) is 1. The molecule has 3 rings (SSSR count). The number of aromatic nitrogens is 2. The fourth-order valence-electron chi connectivity index (χ4n) is 3.02. The van der Waals surface area contributed by atoms with Gasteiger partial charge in [0.15, 0.2) is 0 Å². The Labute approximate surface area is 158 Å². The van der Waals surface area contributed by atoms with Gasteiger partial charge >= 0.3 is 5.97 Å². The number of anilines is 1. The number of carboxylic acids is 1. The van der Waals surface area contributed by atoms with Crippen molar-refractivity contribution in [1.29, 1.82) is 0 Å². The maximum absolute atomic E-state index is 11.2. The van der Waals surface area contributed by atoms with E-state index in [1.54, 1.807) is 19.2 Å². The molecule has 0 aliphatic heterocycles. The molecule has 0 fully saturated rings. The molecular formula is C21H23N3O3. The minimum atomic E-state index is -0.968. The summed E-state index contributed by atoms with van der Waals surface area (Å²) >= 11 is 0. The van der Waals surface area contributed by atoms with Gasteiger partial charge in [0.25, 0.3) is 0 Å². The topological polar surface area (TPSA) is 76.4 Å². The van der Waals surface area contributed by atoms with Gasteiger partial charge in [-0.1, -0.05) is 31.5 Å². The van der Waals surface area contributed by atoms with Gasteiger partial charge in [0, 0.05) is 17.8 Å². The molecule has 27 heavy (non-hydrogen) atoms. The minimum Gasteiger partial charge on any atom is -0.495 e. The summed E-state index contributed by atoms with van der Waals surface area (Å²) in [5, 5.41) is 17.1. The summed E-state index contributed by atoms with van der Waals surface area (Å²) in [4.78, 5) is 11.2. The van der Waals surface area contributed by atoms with Crippen molar-refractivity contribution < 1.29 is 14.6 Å². The summed E-state index contributed by atoms with van der Waals surface area (Å²) in [5.41, 5.74) is 4.10. The Morgan fingerprint density at radius 1 is 1.22 bits per heavy atom. The third-order valence-corrected chi connectivity index (χ3v) is 4.36. The number of para-hydroxylation sites is 1. The van der Waals surface area contributed by atoms with Gasteiger partial charge in [-0.25, -0.2) is 9.48 Å². The molecule has 0 saturated heterocycles. The van der Waals surface area contributed by atoms with Crippen molar-refractivity contribution in [2.45, 2.75) is 26.3 Å². The van der Waals surface area contributed by atoms with E-state index < -0.39 is 5.97 Å². The summed E-state index contributed by atoms with van der Waals surface area (Å²) in [6, 6.07) is 14.8. The number of hydrogen-bond acceptors (Lipinski definition) is 4. The lowest BCUT2D eigenvalue weighted by atomic mass is 10.1. The van der Waals surface area contributed by atoms with E-state index in [1.165, 1.54) is 6.07 Å². The van der Waals surface area contributed by atoms with Gasteiger partial charge in [-0.3, -0.25) is 0 Å². The van der Waals surface area contributed by atoms with Crippen molar-refractivity contribution in [3.8, 4) is 11.4 Å². The summed E-state index contributed by atoms with van der Waals surface area (Å²) in [6.45, 7) is 2.67. The first-order chi connectivity index (χ1) is 13.1. The molecule has 2 N–H and O–H groups in total. The average molecular weight is 365 g/mol. The molecule has 0 unspecified atom stereocenters. The Morgan fingerprint density at radius 3 is 2.67 bits per heavy atom. The number of aromatic carboxylic acids is 1. The van der Waals surface area contributed by atoms with Gasteiger partial charge in [0.2, 0.25) is 0 Å². The number of carbonyl (C=O) groups is 1. The normalized spacial score (nSPS) is 10.6. The van der Waals surface area contributed by atoms with Crippen molar-refractivity contribution >= 4 is 11.7 Å². The highest BCUT2D eigenvalue weighted by molar-refractivity contribution is 5.89. The largest absolute Gasteiger partial charge is 0.495 e. The van der Waals surface area contributed by atoms with Crippen LogP contribution in [0.3, 0.4) is 0 Å². The predicted molar refractivity (Wildman–Crippen MR) is 105 cm³/mol. The molecule has 1 heterocycles. The van der Waals surface area contributed by atoms with Gasteiger partial charge in [-0.05, 0) is 36.8 Å². The Balaban J connectivity index is 1.87. The first-order valence-corrected chi connectivity index (χ1v) is 8.90. The van der Waals surface area contributed by atoms with Gasteiger partial charge < -0.3 is 15.2 Å². The standard InChI is InChI=1S/C21H23N3O3/c1-3-7-19-16(14-23-24(19)17-8-5-4-6-9-17)13-22-18-12-15(21(25)26)10-11-20(18)27-2/h4-6,8-12,14,22H,3,7,13H2,1-2H3,(H,25,26). The Hall–Kier alpha value is -3.28. The van der Waals surface area contributed by atoms with E-state index in [1.807, 2.05) is 41.2 Å². The SMILES string of the molecule is CCCc1c(CNc2cc(C(=O)O)ccc2OC)cnn1-c1ccccc1. The molecule has 3 aromatic rings. The van der Waals surface area contributed by atoms with Crippen LogP contribution in [0.25, 0.3) is 5.69 Å². The molecule has 0 amide bonds. The van der Waals surface area contributed by atoms with Gasteiger partial charge in [0.05, 0.1) is 30.2 Å². The van der Waals surface area contributed by atoms with Crippen LogP contribution in [0.5, 0.6) is 5.75 Å². The average Bonchev–Trinajstić information content (AvgIpc) is 3.09. The molecule has 6 nitrogen and oxygen atoms in total. The van der Waals surface area contributed by atoms with Crippen molar-refractivity contribution in [3.63, 3.8) is 0 Å². The number of carboxylic acid groups (broad SMARTS) is 1. The zero-order valence-electron chi connectivity index (χ0n) is 15.5. The maximum Gasteiger partial charge on any atom is 0.335 e. The number of nitrogens with zero attached hydrogens (tertiary/aromatic N) is 2. The summed E-state index contributed by atoms with van der Waals surface area (Å²) in [7, 11) is 1.57. The molecule has 140 valence electrons. The first kappa shape index (κ1) is 18.5. The molecule has 6 heteroatoms. The molecule has 0 aliphatic carbocycles. The molecule has 0 aliphatic rings. The van der Waals surface area contributed by atoms with Crippen LogP contribution in [0.2, 0.25) is 0 Å². The molecule has 1 aromatic heterocycles. The van der Waals surface area contributed by atoms with Gasteiger partial charge in [-0.15, -0.1) is 0 Å². The third-order valence-electron chi connectivity index (χ3n) is 4.36. The molecule has 0 spiro atoms. The second-order valence-corrected chi connectivity index (χ2v) is 6.19. The van der Waals surface area contributed by atoms with Crippen LogP contribution in [0.4, 0.5) is 5.69 Å². The fraction of sp³-hybridized carbons (Fsp3) is 0.238. The van der Waals surface area contributed by atoms with E-state index in [4.69, 9.17) is 4.74 Å². The second kappa shape index (κ2) is 8.40. The van der Waals surface area contributed by atoms with Crippen molar-refractivity contribution in [2.75, 3.05) is 12.4 Å². The van der Waals surface area contributed by atoms with Crippen LogP contribution in [0.1, 0.15) is 35.0 Å². The minimum absolute atomic E-state index is 0.215. The van der Waals surface area contributed by atoms with Crippen LogP contribution >= 0.6 is 0 Å². The monoisotopic (exact) mass is 365 g/mol. The highest BCUT2D eigenvalue weighted by Gasteiger charge is 2.13. The lowest BCUT2D eigenvalue weighted by Crippen LogP contribution is -2.07. The predicted octanol–water partition coefficient (Wildman–Crippen LogP) is 4.14. The number of benzene rings is 2. The molecule has 0 bridgehead atoms. The zero-order chi connectivity index (χ0) is 19.2. The third kappa shape index (κ3) is 4.11. The summed E-state index contributed by atoms with van der Waals surface area (Å²) in [5.74, 6) is -0.364. The Kier molecular flexibility index (Phi) is 5.76. The molecule has 0 atom stereocenters. The Bertz CT molecular complexity index is 920. The first-order valence-electron chi connectivity index (χ1n) is 8.90. The van der Waals surface area contributed by atoms with Crippen LogP contribution in [0.15, 0.2) is 54.7 Å². The van der Waals surface area contributed by atoms with E-state index in [0.29, 0.717) is 18.0 Å². The number of nitrogens with one attached hydrogen (secondary N) is 1. The fourth-order valence-corrected chi connectivity index (χ4v) is 3.02. The van der Waals surface area contributed by atoms with Crippen LogP contribution < -0.4 is 10.1 Å². The highest BCUT2D eigenvalue weighted by atomic mass is 16.5. The van der Waals surface area contributed by atoms with Crippen molar-refractivity contribution in [1.82, 2.24) is 9.78 Å². The van der Waals surface area contributed by atoms with Gasteiger partial charge in [-0.2, -0.15) is 5.10 Å². The highest BCUT2D eigenvalue weighted by Crippen LogP contribution is 2.27. The van der Waals surface area contributed by atoms with Crippen molar-refractivity contribution in [2.24, 2.45) is 0 Å². The smallest absolute Gasteiger partial charge is 0.335 e. The lowest BCUT2D eigenvalue weighted by Gasteiger charge is -2.13. The molecule has 0 radical (unpaired) electrons. The maximum atomic E-state index is 11.2. The van der Waals surface area contributed by atoms with Gasteiger partial charge in [0.1, 0.15) is 5.75 Å². The lowest BCUT2D eigenvalue weighted by molar-refractivity contribution is 0.0697. The number of methoxy groups -OCH3 is 1. The zero-order valence-corrected chi connectivity index (χ0v) is 15.5. The number of rotatable bonds is 8. The Morgan fingerprint density at radius 2 is 2.00 bits per heavy atom. The summed E-state index contributed by atoms with van der Waals surface area (Å²) in [6.07, 6.45) is 3.76. The van der Waals surface area contributed by atoms with Crippen molar-refractivity contribution in [3.05, 3.63) is 71.5 Å². The molecule has 0 saturated carbocycles. The van der Waals surface area contributed by atoms with E-state index >= 15 is 0 Å². The second-order valence-electron chi connectivity index (χ2n) is 6.19. The quantitative estimate of drug-likeness (QED) is 0.627. The van der Waals surface area contributed by atoms with E-state index in [0.717, 1.165) is 29.8 Å². The van der Waals surface area contributed by atoms with Crippen LogP contribution in [-0.2, 0) is 13.0 Å².